The summed E-state index contributed by atoms with van der Waals surface area (Å²) < 4.78 is 40.8. The quantitative estimate of drug-likeness (QED) is 0.505. The Hall–Kier alpha value is -3.95. The third kappa shape index (κ3) is 4.90. The number of ether oxygens (including phenoxy) is 1. The Labute approximate surface area is 169 Å². The first-order chi connectivity index (χ1) is 14.5. The maximum Gasteiger partial charge on any atom is 0.573 e. The minimum atomic E-state index is -4.73. The maximum atomic E-state index is 12.3. The average Bonchev–Trinajstić information content (AvgIpc) is 3.18. The predicted molar refractivity (Wildman–Crippen MR) is 103 cm³/mol. The van der Waals surface area contributed by atoms with Gasteiger partial charge in [0.05, 0.1) is 5.69 Å². The fourth-order valence-corrected chi connectivity index (χ4v) is 2.74. The van der Waals surface area contributed by atoms with Crippen molar-refractivity contribution >= 4 is 11.4 Å². The molecule has 0 atom stereocenters. The highest BCUT2D eigenvalue weighted by Crippen LogP contribution is 2.29. The van der Waals surface area contributed by atoms with Crippen LogP contribution in [-0.2, 0) is 6.54 Å². The van der Waals surface area contributed by atoms with E-state index < -0.39 is 6.36 Å². The molecule has 0 saturated heterocycles. The van der Waals surface area contributed by atoms with Crippen molar-refractivity contribution in [3.05, 3.63) is 78.6 Å². The number of nitrogens with zero attached hydrogens (tertiary/aromatic N) is 5. The van der Waals surface area contributed by atoms with Gasteiger partial charge < -0.3 is 10.1 Å². The van der Waals surface area contributed by atoms with E-state index in [1.165, 1.54) is 29.1 Å². The zero-order valence-electron chi connectivity index (χ0n) is 15.4. The van der Waals surface area contributed by atoms with Crippen LogP contribution in [0, 0.1) is 0 Å². The van der Waals surface area contributed by atoms with Gasteiger partial charge in [-0.1, -0.05) is 18.2 Å². The Morgan fingerprint density at radius 1 is 0.933 bits per heavy atom. The van der Waals surface area contributed by atoms with Gasteiger partial charge in [0.25, 0.3) is 0 Å². The van der Waals surface area contributed by atoms with E-state index in [-0.39, 0.29) is 5.75 Å². The molecule has 0 amide bonds. The molecule has 0 fully saturated rings. The first kappa shape index (κ1) is 19.4. The van der Waals surface area contributed by atoms with E-state index in [0.717, 1.165) is 5.69 Å². The van der Waals surface area contributed by atoms with Crippen molar-refractivity contribution in [3.8, 4) is 17.1 Å². The normalized spacial score (nSPS) is 11.3. The fourth-order valence-electron chi connectivity index (χ4n) is 2.74. The van der Waals surface area contributed by atoms with Crippen LogP contribution in [0.25, 0.3) is 11.4 Å². The largest absolute Gasteiger partial charge is 0.573 e. The molecule has 0 aliphatic heterocycles. The number of pyridine rings is 1. The first-order valence-electron chi connectivity index (χ1n) is 8.86. The monoisotopic (exact) mass is 412 g/mol. The Bertz CT molecular complexity index is 1110. The summed E-state index contributed by atoms with van der Waals surface area (Å²) in [5, 5.41) is 15.7. The van der Waals surface area contributed by atoms with Crippen molar-refractivity contribution < 1.29 is 17.9 Å². The van der Waals surface area contributed by atoms with Crippen LogP contribution in [0.3, 0.4) is 0 Å². The molecule has 152 valence electrons. The lowest BCUT2D eigenvalue weighted by atomic mass is 10.1. The molecule has 30 heavy (non-hydrogen) atoms. The first-order valence-corrected chi connectivity index (χ1v) is 8.86. The van der Waals surface area contributed by atoms with Crippen LogP contribution in [0.4, 0.5) is 24.5 Å². The van der Waals surface area contributed by atoms with Crippen LogP contribution in [0.5, 0.6) is 5.75 Å². The van der Waals surface area contributed by atoms with E-state index in [4.69, 9.17) is 0 Å². The van der Waals surface area contributed by atoms with Crippen LogP contribution in [-0.4, -0.2) is 31.6 Å². The van der Waals surface area contributed by atoms with Gasteiger partial charge in [-0.25, -0.2) is 0 Å². The molecule has 4 rings (SSSR count). The summed E-state index contributed by atoms with van der Waals surface area (Å²) in [5.74, 6) is 0.117. The van der Waals surface area contributed by atoms with Crippen LogP contribution in [0.15, 0.2) is 72.9 Å². The smallest absolute Gasteiger partial charge is 0.406 e. The molecular formula is C20H15F3N6O. The van der Waals surface area contributed by atoms with Crippen molar-refractivity contribution in [1.82, 2.24) is 25.2 Å². The van der Waals surface area contributed by atoms with Gasteiger partial charge in [-0.05, 0) is 53.7 Å². The zero-order valence-corrected chi connectivity index (χ0v) is 15.4. The Morgan fingerprint density at radius 2 is 1.70 bits per heavy atom. The molecule has 4 aromatic rings. The molecule has 2 aromatic carbocycles. The van der Waals surface area contributed by atoms with Crippen molar-refractivity contribution in [3.63, 3.8) is 0 Å². The van der Waals surface area contributed by atoms with Gasteiger partial charge in [-0.15, -0.1) is 23.4 Å². The summed E-state index contributed by atoms with van der Waals surface area (Å²) in [6, 6.07) is 18.3. The third-order valence-corrected chi connectivity index (χ3v) is 4.02. The minimum Gasteiger partial charge on any atom is -0.406 e. The zero-order chi connectivity index (χ0) is 21.0. The second-order valence-corrected chi connectivity index (χ2v) is 6.21. The molecule has 2 heterocycles. The summed E-state index contributed by atoms with van der Waals surface area (Å²) >= 11 is 0. The second kappa shape index (κ2) is 8.19. The van der Waals surface area contributed by atoms with Gasteiger partial charge in [-0.2, -0.15) is 4.80 Å². The highest BCUT2D eigenvalue weighted by atomic mass is 19.4. The third-order valence-electron chi connectivity index (χ3n) is 4.02. The Balaban J connectivity index is 1.52. The van der Waals surface area contributed by atoms with E-state index in [2.05, 4.69) is 30.4 Å². The molecule has 0 spiro atoms. The molecule has 0 radical (unpaired) electrons. The summed E-state index contributed by atoms with van der Waals surface area (Å²) in [6.45, 7) is 0.379. The van der Waals surface area contributed by atoms with Gasteiger partial charge in [0.1, 0.15) is 12.3 Å². The molecule has 1 N–H and O–H groups in total. The van der Waals surface area contributed by atoms with E-state index in [1.807, 2.05) is 42.5 Å². The van der Waals surface area contributed by atoms with Gasteiger partial charge in [0.15, 0.2) is 0 Å². The molecule has 0 aliphatic rings. The molecule has 0 bridgehead atoms. The lowest BCUT2D eigenvalue weighted by Gasteiger charge is -2.12. The second-order valence-electron chi connectivity index (χ2n) is 6.21. The lowest BCUT2D eigenvalue weighted by molar-refractivity contribution is -0.274. The van der Waals surface area contributed by atoms with Gasteiger partial charge in [-0.3, -0.25) is 4.98 Å². The molecule has 0 unspecified atom stereocenters. The van der Waals surface area contributed by atoms with Crippen LogP contribution < -0.4 is 10.1 Å². The van der Waals surface area contributed by atoms with Gasteiger partial charge in [0, 0.05) is 23.1 Å². The standard InChI is InChI=1S/C20H15F3N6O/c21-20(22,23)30-16-10-8-14(9-11-16)25-18-7-2-1-6-17(18)19-26-28-29(27-19)13-15-5-3-4-12-24-15/h1-12,25H,13H2. The maximum absolute atomic E-state index is 12.3. The highest BCUT2D eigenvalue weighted by Gasteiger charge is 2.30. The van der Waals surface area contributed by atoms with Crippen molar-refractivity contribution in [1.29, 1.82) is 0 Å². The molecular weight excluding hydrogens is 397 g/mol. The molecule has 10 heteroatoms. The number of anilines is 2. The predicted octanol–water partition coefficient (Wildman–Crippen LogP) is 4.43. The summed E-state index contributed by atoms with van der Waals surface area (Å²) in [6.07, 6.45) is -3.04. The lowest BCUT2D eigenvalue weighted by Crippen LogP contribution is -2.16. The topological polar surface area (TPSA) is 77.8 Å². The number of rotatable bonds is 6. The molecule has 7 nitrogen and oxygen atoms in total. The number of benzene rings is 2. The summed E-state index contributed by atoms with van der Waals surface area (Å²) in [4.78, 5) is 5.68. The van der Waals surface area contributed by atoms with Crippen molar-refractivity contribution in [2.24, 2.45) is 0 Å². The molecule has 0 aliphatic carbocycles. The summed E-state index contributed by atoms with van der Waals surface area (Å²) in [5.41, 5.74) is 2.76. The van der Waals surface area contributed by atoms with E-state index in [9.17, 15) is 13.2 Å². The van der Waals surface area contributed by atoms with E-state index in [0.29, 0.717) is 29.3 Å². The van der Waals surface area contributed by atoms with Crippen molar-refractivity contribution in [2.75, 3.05) is 5.32 Å². The summed E-state index contributed by atoms with van der Waals surface area (Å²) in [7, 11) is 0. The number of hydrogen-bond acceptors (Lipinski definition) is 6. The number of nitrogens with one attached hydrogen (secondary N) is 1. The average molecular weight is 412 g/mol. The van der Waals surface area contributed by atoms with Gasteiger partial charge in [0.2, 0.25) is 5.82 Å². The molecule has 0 saturated carbocycles. The Kier molecular flexibility index (Phi) is 5.29. The number of tetrazole rings is 1. The van der Waals surface area contributed by atoms with Gasteiger partial charge >= 0.3 is 6.36 Å². The van der Waals surface area contributed by atoms with Crippen molar-refractivity contribution in [2.45, 2.75) is 12.9 Å². The fraction of sp³-hybridized carbons (Fsp3) is 0.100. The number of para-hydroxylation sites is 1. The van der Waals surface area contributed by atoms with Crippen LogP contribution in [0.2, 0.25) is 0 Å². The van der Waals surface area contributed by atoms with E-state index in [1.54, 1.807) is 6.20 Å². The number of halogens is 3. The van der Waals surface area contributed by atoms with E-state index >= 15 is 0 Å². The highest BCUT2D eigenvalue weighted by molar-refractivity contribution is 5.77. The Morgan fingerprint density at radius 3 is 2.43 bits per heavy atom. The SMILES string of the molecule is FC(F)(F)Oc1ccc(Nc2ccccc2-c2nnn(Cc3ccccn3)n2)cc1. The number of aromatic nitrogens is 5. The van der Waals surface area contributed by atoms with Crippen LogP contribution in [0.1, 0.15) is 5.69 Å². The minimum absolute atomic E-state index is 0.291. The van der Waals surface area contributed by atoms with Crippen LogP contribution >= 0.6 is 0 Å². The molecule has 2 aromatic heterocycles. The number of hydrogen-bond donors (Lipinski definition) is 1. The number of alkyl halides is 3.